The molecular weight excluding hydrogens is 347 g/mol. The molecule has 140 valence electrons. The minimum Gasteiger partial charge on any atom is -0.474 e. The lowest BCUT2D eigenvalue weighted by molar-refractivity contribution is -0.152. The molecule has 0 aliphatic carbocycles. The number of hydrogen-bond acceptors (Lipinski definition) is 4. The summed E-state index contributed by atoms with van der Waals surface area (Å²) in [4.78, 5) is 12.4. The molecule has 0 spiro atoms. The van der Waals surface area contributed by atoms with E-state index in [1.165, 1.54) is 12.1 Å². The molecule has 0 aromatic heterocycles. The van der Waals surface area contributed by atoms with Crippen molar-refractivity contribution < 1.29 is 27.4 Å². The van der Waals surface area contributed by atoms with Crippen LogP contribution >= 0.6 is 0 Å². The van der Waals surface area contributed by atoms with Crippen molar-refractivity contribution in [3.8, 4) is 5.75 Å². The van der Waals surface area contributed by atoms with E-state index in [9.17, 15) is 18.0 Å². The summed E-state index contributed by atoms with van der Waals surface area (Å²) in [6, 6.07) is 11.4. The van der Waals surface area contributed by atoms with Gasteiger partial charge in [0.1, 0.15) is 12.4 Å². The summed E-state index contributed by atoms with van der Waals surface area (Å²) < 4.78 is 49.4. The first-order chi connectivity index (χ1) is 12.3. The summed E-state index contributed by atoms with van der Waals surface area (Å²) >= 11 is 0. The molecule has 0 saturated carbocycles. The first kappa shape index (κ1) is 19.8. The van der Waals surface area contributed by atoms with Gasteiger partial charge >= 0.3 is 12.1 Å². The number of carbonyl (C=O) groups is 1. The van der Waals surface area contributed by atoms with Gasteiger partial charge in [0.25, 0.3) is 0 Å². The summed E-state index contributed by atoms with van der Waals surface area (Å²) in [5.74, 6) is -0.725. The van der Waals surface area contributed by atoms with E-state index >= 15 is 0 Å². The maximum Gasteiger partial charge on any atom is 0.416 e. The highest BCUT2D eigenvalue weighted by atomic mass is 19.4. The van der Waals surface area contributed by atoms with Crippen molar-refractivity contribution >= 4 is 5.97 Å². The molecule has 4 nitrogen and oxygen atoms in total. The van der Waals surface area contributed by atoms with Crippen LogP contribution in [0.15, 0.2) is 48.5 Å². The van der Waals surface area contributed by atoms with E-state index in [1.54, 1.807) is 31.3 Å². The Labute approximate surface area is 149 Å². The van der Waals surface area contributed by atoms with Crippen LogP contribution in [0.4, 0.5) is 13.2 Å². The van der Waals surface area contributed by atoms with Crippen LogP contribution in [0.5, 0.6) is 5.75 Å². The molecule has 0 aliphatic heterocycles. The normalized spacial score (nSPS) is 12.5. The average molecular weight is 367 g/mol. The van der Waals surface area contributed by atoms with Crippen molar-refractivity contribution in [3.05, 3.63) is 65.2 Å². The molecule has 2 aromatic carbocycles. The topological polar surface area (TPSA) is 47.6 Å². The van der Waals surface area contributed by atoms with Crippen LogP contribution in [0.2, 0.25) is 0 Å². The number of hydrogen-bond donors (Lipinski definition) is 1. The molecule has 0 fully saturated rings. The van der Waals surface area contributed by atoms with Crippen LogP contribution in [-0.4, -0.2) is 26.2 Å². The van der Waals surface area contributed by atoms with Crippen LogP contribution in [0.3, 0.4) is 0 Å². The quantitative estimate of drug-likeness (QED) is 0.596. The van der Waals surface area contributed by atoms with Gasteiger partial charge in [0.05, 0.1) is 5.56 Å². The van der Waals surface area contributed by atoms with E-state index < -0.39 is 23.8 Å². The Morgan fingerprint density at radius 2 is 1.85 bits per heavy atom. The van der Waals surface area contributed by atoms with Gasteiger partial charge in [-0.25, -0.2) is 4.79 Å². The number of nitrogens with one attached hydrogen (secondary N) is 1. The Hall–Kier alpha value is -2.54. The zero-order valence-electron chi connectivity index (χ0n) is 14.5. The minimum absolute atomic E-state index is 0.0593. The number of aryl methyl sites for hydroxylation is 1. The van der Waals surface area contributed by atoms with E-state index in [0.29, 0.717) is 12.1 Å². The molecule has 0 heterocycles. The Morgan fingerprint density at radius 3 is 2.46 bits per heavy atom. The maximum atomic E-state index is 12.9. The standard InChI is InChI=1S/C19H20F3NO3/c1-13-6-8-14(9-7-13)17(18(24)25-11-10-23-2)26-16-5-3-4-15(12-16)19(20,21)22/h3-9,12,17,23H,10-11H2,1-2H3/t17-/m1/s1. The summed E-state index contributed by atoms with van der Waals surface area (Å²) in [5, 5.41) is 2.84. The fraction of sp³-hybridized carbons (Fsp3) is 0.316. The van der Waals surface area contributed by atoms with Crippen molar-refractivity contribution in [2.75, 3.05) is 20.2 Å². The lowest BCUT2D eigenvalue weighted by atomic mass is 10.1. The second-order valence-electron chi connectivity index (χ2n) is 5.71. The number of alkyl halides is 3. The van der Waals surface area contributed by atoms with Crippen molar-refractivity contribution in [1.82, 2.24) is 5.32 Å². The van der Waals surface area contributed by atoms with E-state index in [4.69, 9.17) is 9.47 Å². The molecule has 0 unspecified atom stereocenters. The van der Waals surface area contributed by atoms with Crippen molar-refractivity contribution in [3.63, 3.8) is 0 Å². The van der Waals surface area contributed by atoms with Crippen LogP contribution < -0.4 is 10.1 Å². The minimum atomic E-state index is -4.49. The first-order valence-electron chi connectivity index (χ1n) is 8.03. The van der Waals surface area contributed by atoms with Gasteiger partial charge in [0, 0.05) is 12.1 Å². The zero-order valence-corrected chi connectivity index (χ0v) is 14.5. The van der Waals surface area contributed by atoms with Gasteiger partial charge in [-0.3, -0.25) is 0 Å². The lowest BCUT2D eigenvalue weighted by Crippen LogP contribution is -2.25. The van der Waals surface area contributed by atoms with Crippen molar-refractivity contribution in [1.29, 1.82) is 0 Å². The predicted molar refractivity (Wildman–Crippen MR) is 90.9 cm³/mol. The molecular formula is C19H20F3NO3. The lowest BCUT2D eigenvalue weighted by Gasteiger charge is -2.19. The second-order valence-corrected chi connectivity index (χ2v) is 5.71. The van der Waals surface area contributed by atoms with Crippen LogP contribution in [0.25, 0.3) is 0 Å². The van der Waals surface area contributed by atoms with Gasteiger partial charge in [-0.2, -0.15) is 13.2 Å². The number of rotatable bonds is 7. The monoisotopic (exact) mass is 367 g/mol. The molecule has 0 aliphatic rings. The fourth-order valence-electron chi connectivity index (χ4n) is 2.20. The number of ether oxygens (including phenoxy) is 2. The highest BCUT2D eigenvalue weighted by Crippen LogP contribution is 2.33. The molecule has 1 N–H and O–H groups in total. The molecule has 7 heteroatoms. The van der Waals surface area contributed by atoms with Gasteiger partial charge in [-0.15, -0.1) is 0 Å². The van der Waals surface area contributed by atoms with Crippen LogP contribution in [0, 0.1) is 6.92 Å². The summed E-state index contributed by atoms with van der Waals surface area (Å²) in [7, 11) is 1.71. The van der Waals surface area contributed by atoms with Crippen LogP contribution in [-0.2, 0) is 15.7 Å². The SMILES string of the molecule is CNCCOC(=O)[C@H](Oc1cccc(C(F)(F)F)c1)c1ccc(C)cc1. The highest BCUT2D eigenvalue weighted by molar-refractivity contribution is 5.77. The van der Waals surface area contributed by atoms with E-state index in [0.717, 1.165) is 17.7 Å². The fourth-order valence-corrected chi connectivity index (χ4v) is 2.20. The summed E-state index contributed by atoms with van der Waals surface area (Å²) in [6.07, 6.45) is -5.65. The third kappa shape index (κ3) is 5.49. The largest absolute Gasteiger partial charge is 0.474 e. The van der Waals surface area contributed by atoms with Crippen LogP contribution in [0.1, 0.15) is 22.8 Å². The molecule has 0 saturated heterocycles. The molecule has 2 rings (SSSR count). The number of halogens is 3. The third-order valence-corrected chi connectivity index (χ3v) is 3.61. The molecule has 1 atom stereocenters. The number of benzene rings is 2. The van der Waals surface area contributed by atoms with E-state index in [1.807, 2.05) is 6.92 Å². The zero-order chi connectivity index (χ0) is 19.2. The number of likely N-dealkylation sites (N-methyl/N-ethyl adjacent to an activating group) is 1. The van der Waals surface area contributed by atoms with E-state index in [-0.39, 0.29) is 12.4 Å². The Morgan fingerprint density at radius 1 is 1.15 bits per heavy atom. The molecule has 2 aromatic rings. The van der Waals surface area contributed by atoms with Gasteiger partial charge in [-0.1, -0.05) is 35.9 Å². The maximum absolute atomic E-state index is 12.9. The van der Waals surface area contributed by atoms with Gasteiger partial charge in [-0.05, 0) is 32.2 Å². The van der Waals surface area contributed by atoms with Gasteiger partial charge < -0.3 is 14.8 Å². The first-order valence-corrected chi connectivity index (χ1v) is 8.03. The van der Waals surface area contributed by atoms with Gasteiger partial charge in [0.15, 0.2) is 0 Å². The molecule has 0 radical (unpaired) electrons. The molecule has 0 bridgehead atoms. The van der Waals surface area contributed by atoms with Crippen molar-refractivity contribution in [2.45, 2.75) is 19.2 Å². The summed E-state index contributed by atoms with van der Waals surface area (Å²) in [6.45, 7) is 2.47. The molecule has 26 heavy (non-hydrogen) atoms. The Balaban J connectivity index is 2.26. The second kappa shape index (κ2) is 8.71. The number of carbonyl (C=O) groups excluding carboxylic acids is 1. The van der Waals surface area contributed by atoms with Crippen molar-refractivity contribution in [2.24, 2.45) is 0 Å². The smallest absolute Gasteiger partial charge is 0.416 e. The number of esters is 1. The Kier molecular flexibility index (Phi) is 6.63. The Bertz CT molecular complexity index is 730. The highest BCUT2D eigenvalue weighted by Gasteiger charge is 2.31. The summed E-state index contributed by atoms with van der Waals surface area (Å²) in [5.41, 5.74) is 0.638. The average Bonchev–Trinajstić information content (AvgIpc) is 2.60. The molecule has 0 amide bonds. The van der Waals surface area contributed by atoms with Gasteiger partial charge in [0.2, 0.25) is 6.10 Å². The predicted octanol–water partition coefficient (Wildman–Crippen LogP) is 3.90. The van der Waals surface area contributed by atoms with E-state index in [2.05, 4.69) is 5.32 Å². The third-order valence-electron chi connectivity index (χ3n) is 3.61.